The zero-order chi connectivity index (χ0) is 26.5. The van der Waals surface area contributed by atoms with E-state index >= 15 is 0 Å². The molecule has 1 atom stereocenters. The van der Waals surface area contributed by atoms with E-state index in [4.69, 9.17) is 9.47 Å². The molecular weight excluding hydrogens is 468 g/mol. The van der Waals surface area contributed by atoms with Crippen molar-refractivity contribution in [2.24, 2.45) is 0 Å². The summed E-state index contributed by atoms with van der Waals surface area (Å²) in [6.07, 6.45) is 0. The number of ether oxygens (including phenoxy) is 2. The van der Waals surface area contributed by atoms with Gasteiger partial charge < -0.3 is 24.4 Å². The van der Waals surface area contributed by atoms with Gasteiger partial charge in [-0.25, -0.2) is 0 Å². The van der Waals surface area contributed by atoms with E-state index < -0.39 is 17.7 Å². The Morgan fingerprint density at radius 1 is 0.973 bits per heavy atom. The topological polar surface area (TPSA) is 79.3 Å². The molecule has 0 aliphatic carbocycles. The lowest BCUT2D eigenvalue weighted by atomic mass is 9.95. The molecule has 1 saturated heterocycles. The highest BCUT2D eigenvalue weighted by molar-refractivity contribution is 6.46. The summed E-state index contributed by atoms with van der Waals surface area (Å²) in [5.74, 6) is -0.318. The molecule has 3 aromatic carbocycles. The minimum atomic E-state index is -0.729. The van der Waals surface area contributed by atoms with Gasteiger partial charge in [0.2, 0.25) is 0 Å². The number of rotatable bonds is 9. The van der Waals surface area contributed by atoms with Crippen LogP contribution in [0, 0.1) is 6.92 Å². The first-order valence-electron chi connectivity index (χ1n) is 12.1. The molecule has 1 amide bonds. The molecule has 1 fully saturated rings. The number of amides is 1. The van der Waals surface area contributed by atoms with E-state index in [1.54, 1.807) is 49.6 Å². The molecule has 0 bridgehead atoms. The van der Waals surface area contributed by atoms with Crippen LogP contribution in [-0.2, 0) is 16.2 Å². The van der Waals surface area contributed by atoms with Crippen molar-refractivity contribution in [3.05, 3.63) is 101 Å². The molecule has 1 N–H and O–H groups in total. The van der Waals surface area contributed by atoms with Crippen LogP contribution in [0.2, 0.25) is 0 Å². The van der Waals surface area contributed by atoms with Crippen molar-refractivity contribution in [1.82, 2.24) is 9.80 Å². The Bertz CT molecular complexity index is 1310. The number of benzene rings is 3. The van der Waals surface area contributed by atoms with Gasteiger partial charge in [-0.15, -0.1) is 0 Å². The van der Waals surface area contributed by atoms with Gasteiger partial charge in [0.05, 0.1) is 18.7 Å². The summed E-state index contributed by atoms with van der Waals surface area (Å²) in [4.78, 5) is 29.7. The first-order chi connectivity index (χ1) is 17.8. The fourth-order valence-electron chi connectivity index (χ4n) is 4.41. The van der Waals surface area contributed by atoms with E-state index in [1.165, 1.54) is 4.90 Å². The van der Waals surface area contributed by atoms with Crippen LogP contribution in [0.4, 0.5) is 0 Å². The summed E-state index contributed by atoms with van der Waals surface area (Å²) in [5.41, 5.74) is 3.40. The van der Waals surface area contributed by atoms with Crippen molar-refractivity contribution in [3.63, 3.8) is 0 Å². The predicted molar refractivity (Wildman–Crippen MR) is 143 cm³/mol. The number of likely N-dealkylation sites (tertiary alicyclic amines) is 1. The minimum Gasteiger partial charge on any atom is -0.507 e. The van der Waals surface area contributed by atoms with Crippen LogP contribution in [-0.4, -0.2) is 60.9 Å². The average molecular weight is 501 g/mol. The molecule has 0 unspecified atom stereocenters. The molecule has 3 aromatic rings. The normalized spacial score (nSPS) is 16.9. The van der Waals surface area contributed by atoms with Crippen LogP contribution in [0.3, 0.4) is 0 Å². The molecule has 1 heterocycles. The van der Waals surface area contributed by atoms with Gasteiger partial charge in [0, 0.05) is 18.7 Å². The minimum absolute atomic E-state index is 0.0606. The fraction of sp³-hybridized carbons (Fsp3) is 0.267. The third kappa shape index (κ3) is 5.84. The second-order valence-corrected chi connectivity index (χ2v) is 9.37. The third-order valence-corrected chi connectivity index (χ3v) is 6.35. The lowest BCUT2D eigenvalue weighted by Gasteiger charge is -2.26. The zero-order valence-electron chi connectivity index (χ0n) is 21.6. The maximum absolute atomic E-state index is 13.2. The molecule has 7 heteroatoms. The number of carbonyl (C=O) groups excluding carboxylic acids is 2. The number of hydrogen-bond donors (Lipinski definition) is 1. The second kappa shape index (κ2) is 11.3. The van der Waals surface area contributed by atoms with Crippen LogP contribution < -0.4 is 9.47 Å². The number of aryl methyl sites for hydroxylation is 1. The monoisotopic (exact) mass is 500 g/mol. The number of Topliss-reactive ketones (excluding diaryl/α,β-unsaturated/α-hetero) is 1. The number of carbonyl (C=O) groups is 2. The van der Waals surface area contributed by atoms with Gasteiger partial charge in [-0.2, -0.15) is 0 Å². The number of aliphatic hydroxyl groups excluding tert-OH is 1. The summed E-state index contributed by atoms with van der Waals surface area (Å²) in [6, 6.07) is 21.4. The highest BCUT2D eigenvalue weighted by Gasteiger charge is 2.46. The number of methoxy groups -OCH3 is 1. The quantitative estimate of drug-likeness (QED) is 0.264. The van der Waals surface area contributed by atoms with Crippen LogP contribution in [0.5, 0.6) is 11.5 Å². The summed E-state index contributed by atoms with van der Waals surface area (Å²) in [6.45, 7) is 3.35. The number of aliphatic hydroxyl groups is 1. The van der Waals surface area contributed by atoms with Gasteiger partial charge in [-0.3, -0.25) is 9.59 Å². The maximum atomic E-state index is 13.2. The third-order valence-electron chi connectivity index (χ3n) is 6.35. The molecular formula is C30H32N2O5. The average Bonchev–Trinajstić information content (AvgIpc) is 3.15. The van der Waals surface area contributed by atoms with E-state index in [9.17, 15) is 14.7 Å². The Hall–Kier alpha value is -4.10. The predicted octanol–water partition coefficient (Wildman–Crippen LogP) is 4.57. The zero-order valence-corrected chi connectivity index (χ0v) is 21.6. The Morgan fingerprint density at radius 2 is 1.70 bits per heavy atom. The number of hydrogen-bond acceptors (Lipinski definition) is 6. The summed E-state index contributed by atoms with van der Waals surface area (Å²) < 4.78 is 11.3. The van der Waals surface area contributed by atoms with Gasteiger partial charge in [0.25, 0.3) is 11.7 Å². The summed E-state index contributed by atoms with van der Waals surface area (Å²) in [7, 11) is 5.37. The van der Waals surface area contributed by atoms with E-state index in [2.05, 4.69) is 6.07 Å². The van der Waals surface area contributed by atoms with Crippen LogP contribution in [0.1, 0.15) is 28.3 Å². The molecule has 1 aliphatic heterocycles. The molecule has 0 spiro atoms. The van der Waals surface area contributed by atoms with Crippen molar-refractivity contribution in [3.8, 4) is 11.5 Å². The smallest absolute Gasteiger partial charge is 0.295 e. The summed E-state index contributed by atoms with van der Waals surface area (Å²) >= 11 is 0. The summed E-state index contributed by atoms with van der Waals surface area (Å²) in [5, 5.41) is 11.3. The Balaban J connectivity index is 1.66. The second-order valence-electron chi connectivity index (χ2n) is 9.37. The first-order valence-corrected chi connectivity index (χ1v) is 12.1. The van der Waals surface area contributed by atoms with Crippen molar-refractivity contribution >= 4 is 17.4 Å². The van der Waals surface area contributed by atoms with E-state index in [0.717, 1.165) is 11.1 Å². The van der Waals surface area contributed by atoms with Crippen molar-refractivity contribution < 1.29 is 24.2 Å². The van der Waals surface area contributed by atoms with Gasteiger partial charge in [-0.1, -0.05) is 42.0 Å². The lowest BCUT2D eigenvalue weighted by Crippen LogP contribution is -2.35. The van der Waals surface area contributed by atoms with Crippen LogP contribution in [0.15, 0.2) is 78.4 Å². The van der Waals surface area contributed by atoms with Crippen molar-refractivity contribution in [2.45, 2.75) is 19.6 Å². The van der Waals surface area contributed by atoms with Gasteiger partial charge >= 0.3 is 0 Å². The molecule has 0 radical (unpaired) electrons. The Morgan fingerprint density at radius 3 is 2.38 bits per heavy atom. The first kappa shape index (κ1) is 26.0. The molecule has 1 aliphatic rings. The number of ketones is 1. The van der Waals surface area contributed by atoms with Gasteiger partial charge in [-0.05, 0) is 68.5 Å². The fourth-order valence-corrected chi connectivity index (χ4v) is 4.41. The number of nitrogens with zero attached hydrogens (tertiary/aromatic N) is 2. The standard InChI is InChI=1S/C30H32N2O5/c1-20-7-5-8-21(17-20)19-37-24-13-11-22(12-14-24)28(33)26-27(23-9-6-10-25(18-23)36-4)32(16-15-31(2)3)30(35)29(26)34/h5-14,17-18,27,33H,15-16,19H2,1-4H3/t27-/m0/s1. The Kier molecular flexibility index (Phi) is 7.94. The van der Waals surface area contributed by atoms with Gasteiger partial charge in [0.1, 0.15) is 23.9 Å². The highest BCUT2D eigenvalue weighted by Crippen LogP contribution is 2.40. The molecule has 4 rings (SSSR count). The highest BCUT2D eigenvalue weighted by atomic mass is 16.5. The van der Waals surface area contributed by atoms with Gasteiger partial charge in [0.15, 0.2) is 0 Å². The molecule has 37 heavy (non-hydrogen) atoms. The van der Waals surface area contributed by atoms with E-state index in [0.29, 0.717) is 42.3 Å². The van der Waals surface area contributed by atoms with Crippen LogP contribution >= 0.6 is 0 Å². The number of likely N-dealkylation sites (N-methyl/N-ethyl adjacent to an activating group) is 1. The maximum Gasteiger partial charge on any atom is 0.295 e. The van der Waals surface area contributed by atoms with E-state index in [-0.39, 0.29) is 11.3 Å². The molecule has 0 saturated carbocycles. The SMILES string of the molecule is COc1cccc([C@H]2C(=C(O)c3ccc(OCc4cccc(C)c4)cc3)C(=O)C(=O)N2CCN(C)C)c1. The largest absolute Gasteiger partial charge is 0.507 e. The van der Waals surface area contributed by atoms with E-state index in [1.807, 2.05) is 50.2 Å². The van der Waals surface area contributed by atoms with Crippen molar-refractivity contribution in [2.75, 3.05) is 34.3 Å². The molecule has 192 valence electrons. The Labute approximate surface area is 217 Å². The lowest BCUT2D eigenvalue weighted by molar-refractivity contribution is -0.140. The van der Waals surface area contributed by atoms with Crippen LogP contribution in [0.25, 0.3) is 5.76 Å². The molecule has 7 nitrogen and oxygen atoms in total. The molecule has 0 aromatic heterocycles. The van der Waals surface area contributed by atoms with Crippen molar-refractivity contribution in [1.29, 1.82) is 0 Å².